The molecule has 3 N–H and O–H groups in total. The standard InChI is InChI=1S/C9H11N5/c10-13-9(14-6-11-12-7-14)8-4-2-1-3-5-8/h1-7,9,13H,10H2. The molecule has 0 fully saturated rings. The number of hydrogen-bond acceptors (Lipinski definition) is 4. The van der Waals surface area contributed by atoms with Gasteiger partial charge in [0.25, 0.3) is 0 Å². The monoisotopic (exact) mass is 189 g/mol. The van der Waals surface area contributed by atoms with Crippen LogP contribution in [0, 0.1) is 0 Å². The smallest absolute Gasteiger partial charge is 0.124 e. The largest absolute Gasteiger partial charge is 0.298 e. The number of nitrogens with one attached hydrogen (secondary N) is 1. The molecule has 0 saturated carbocycles. The predicted octanol–water partition coefficient (Wildman–Crippen LogP) is 0.288. The van der Waals surface area contributed by atoms with Gasteiger partial charge in [0.05, 0.1) is 0 Å². The Morgan fingerprint density at radius 3 is 2.36 bits per heavy atom. The molecule has 1 unspecified atom stereocenters. The maximum Gasteiger partial charge on any atom is 0.124 e. The average Bonchev–Trinajstić information content (AvgIpc) is 2.74. The van der Waals surface area contributed by atoms with Crippen LogP contribution in [0.2, 0.25) is 0 Å². The maximum atomic E-state index is 5.47. The van der Waals surface area contributed by atoms with E-state index in [-0.39, 0.29) is 6.17 Å². The third-order valence-electron chi connectivity index (χ3n) is 2.01. The number of hydrogen-bond donors (Lipinski definition) is 2. The van der Waals surface area contributed by atoms with Crippen LogP contribution in [0.3, 0.4) is 0 Å². The van der Waals surface area contributed by atoms with Crippen LogP contribution in [0.5, 0.6) is 0 Å². The zero-order valence-corrected chi connectivity index (χ0v) is 7.54. The summed E-state index contributed by atoms with van der Waals surface area (Å²) in [5, 5.41) is 7.47. The summed E-state index contributed by atoms with van der Waals surface area (Å²) in [6, 6.07) is 9.87. The molecule has 72 valence electrons. The minimum Gasteiger partial charge on any atom is -0.298 e. The molecule has 1 aromatic carbocycles. The summed E-state index contributed by atoms with van der Waals surface area (Å²) in [5.41, 5.74) is 3.77. The van der Waals surface area contributed by atoms with Gasteiger partial charge in [-0.1, -0.05) is 30.3 Å². The molecule has 0 aliphatic rings. The highest BCUT2D eigenvalue weighted by atomic mass is 15.4. The number of nitrogens with zero attached hydrogens (tertiary/aromatic N) is 3. The SMILES string of the molecule is NNC(c1ccccc1)n1cnnc1. The van der Waals surface area contributed by atoms with Crippen molar-refractivity contribution in [2.75, 3.05) is 0 Å². The lowest BCUT2D eigenvalue weighted by Crippen LogP contribution is -2.32. The Morgan fingerprint density at radius 1 is 1.14 bits per heavy atom. The van der Waals surface area contributed by atoms with Gasteiger partial charge in [0.2, 0.25) is 0 Å². The molecule has 2 rings (SSSR count). The molecule has 0 aliphatic carbocycles. The summed E-state index contributed by atoms with van der Waals surface area (Å²) in [6.45, 7) is 0. The topological polar surface area (TPSA) is 68.8 Å². The minimum absolute atomic E-state index is 0.119. The third kappa shape index (κ3) is 1.63. The zero-order chi connectivity index (χ0) is 9.80. The Balaban J connectivity index is 2.31. The molecule has 5 heteroatoms. The van der Waals surface area contributed by atoms with Gasteiger partial charge >= 0.3 is 0 Å². The average molecular weight is 189 g/mol. The molecule has 1 heterocycles. The Bertz CT molecular complexity index is 369. The summed E-state index contributed by atoms with van der Waals surface area (Å²) < 4.78 is 1.80. The number of hydrazine groups is 1. The van der Waals surface area contributed by atoms with Crippen LogP contribution in [-0.4, -0.2) is 14.8 Å². The van der Waals surface area contributed by atoms with E-state index in [0.717, 1.165) is 5.56 Å². The van der Waals surface area contributed by atoms with E-state index in [1.807, 2.05) is 30.3 Å². The molecule has 5 nitrogen and oxygen atoms in total. The fraction of sp³-hybridized carbons (Fsp3) is 0.111. The van der Waals surface area contributed by atoms with E-state index in [9.17, 15) is 0 Å². The van der Waals surface area contributed by atoms with E-state index in [2.05, 4.69) is 15.6 Å². The molecule has 2 aromatic rings. The second-order valence-electron chi connectivity index (χ2n) is 2.89. The Kier molecular flexibility index (Phi) is 2.53. The second kappa shape index (κ2) is 3.99. The minimum atomic E-state index is -0.119. The summed E-state index contributed by atoms with van der Waals surface area (Å²) in [7, 11) is 0. The Hall–Kier alpha value is -1.72. The molecule has 1 aromatic heterocycles. The van der Waals surface area contributed by atoms with Crippen molar-refractivity contribution in [3.05, 3.63) is 48.5 Å². The molecule has 0 spiro atoms. The van der Waals surface area contributed by atoms with Crippen LogP contribution >= 0.6 is 0 Å². The first kappa shape index (κ1) is 8.86. The quantitative estimate of drug-likeness (QED) is 0.538. The van der Waals surface area contributed by atoms with Crippen molar-refractivity contribution < 1.29 is 0 Å². The van der Waals surface area contributed by atoms with E-state index >= 15 is 0 Å². The van der Waals surface area contributed by atoms with Crippen molar-refractivity contribution in [1.29, 1.82) is 0 Å². The molecule has 14 heavy (non-hydrogen) atoms. The number of rotatable bonds is 3. The third-order valence-corrected chi connectivity index (χ3v) is 2.01. The lowest BCUT2D eigenvalue weighted by atomic mass is 10.2. The van der Waals surface area contributed by atoms with Crippen molar-refractivity contribution in [2.45, 2.75) is 6.17 Å². The molecular weight excluding hydrogens is 178 g/mol. The van der Waals surface area contributed by atoms with Crippen molar-refractivity contribution >= 4 is 0 Å². The van der Waals surface area contributed by atoms with Gasteiger partial charge in [0.15, 0.2) is 0 Å². The van der Waals surface area contributed by atoms with Crippen LogP contribution < -0.4 is 11.3 Å². The summed E-state index contributed by atoms with van der Waals surface area (Å²) in [6.07, 6.45) is 3.13. The molecule has 0 radical (unpaired) electrons. The van der Waals surface area contributed by atoms with Gasteiger partial charge in [-0.2, -0.15) is 0 Å². The molecule has 1 atom stereocenters. The van der Waals surface area contributed by atoms with Crippen molar-refractivity contribution in [3.8, 4) is 0 Å². The molecular formula is C9H11N5. The van der Waals surface area contributed by atoms with Crippen molar-refractivity contribution in [1.82, 2.24) is 20.2 Å². The van der Waals surface area contributed by atoms with Crippen molar-refractivity contribution in [3.63, 3.8) is 0 Å². The lowest BCUT2D eigenvalue weighted by Gasteiger charge is -2.16. The van der Waals surface area contributed by atoms with E-state index in [4.69, 9.17) is 5.84 Å². The first-order valence-electron chi connectivity index (χ1n) is 4.27. The van der Waals surface area contributed by atoms with Gasteiger partial charge in [0.1, 0.15) is 18.8 Å². The van der Waals surface area contributed by atoms with Crippen LogP contribution in [0.4, 0.5) is 0 Å². The van der Waals surface area contributed by atoms with Gasteiger partial charge in [-0.3, -0.25) is 10.4 Å². The molecule has 0 amide bonds. The number of benzene rings is 1. The van der Waals surface area contributed by atoms with Crippen LogP contribution in [0.1, 0.15) is 11.7 Å². The lowest BCUT2D eigenvalue weighted by molar-refractivity contribution is 0.479. The highest BCUT2D eigenvalue weighted by molar-refractivity contribution is 5.18. The summed E-state index contributed by atoms with van der Waals surface area (Å²) in [4.78, 5) is 0. The second-order valence-corrected chi connectivity index (χ2v) is 2.89. The van der Waals surface area contributed by atoms with E-state index < -0.39 is 0 Å². The first-order valence-corrected chi connectivity index (χ1v) is 4.27. The fourth-order valence-electron chi connectivity index (χ4n) is 1.33. The summed E-state index contributed by atoms with van der Waals surface area (Å²) >= 11 is 0. The van der Waals surface area contributed by atoms with E-state index in [1.54, 1.807) is 17.2 Å². The van der Waals surface area contributed by atoms with E-state index in [1.165, 1.54) is 0 Å². The van der Waals surface area contributed by atoms with Gasteiger partial charge in [0, 0.05) is 0 Å². The Labute approximate surface area is 81.5 Å². The normalized spacial score (nSPS) is 12.6. The van der Waals surface area contributed by atoms with Gasteiger partial charge < -0.3 is 0 Å². The maximum absolute atomic E-state index is 5.47. The van der Waals surface area contributed by atoms with Gasteiger partial charge in [-0.15, -0.1) is 10.2 Å². The van der Waals surface area contributed by atoms with Crippen LogP contribution in [0.15, 0.2) is 43.0 Å². The highest BCUT2D eigenvalue weighted by Gasteiger charge is 2.09. The van der Waals surface area contributed by atoms with Gasteiger partial charge in [-0.25, -0.2) is 5.43 Å². The zero-order valence-electron chi connectivity index (χ0n) is 7.54. The number of nitrogens with two attached hydrogens (primary N) is 1. The highest BCUT2D eigenvalue weighted by Crippen LogP contribution is 2.12. The molecule has 0 saturated heterocycles. The van der Waals surface area contributed by atoms with Crippen molar-refractivity contribution in [2.24, 2.45) is 5.84 Å². The van der Waals surface area contributed by atoms with E-state index in [0.29, 0.717) is 0 Å². The van der Waals surface area contributed by atoms with Crippen LogP contribution in [0.25, 0.3) is 0 Å². The fourth-order valence-corrected chi connectivity index (χ4v) is 1.33. The Morgan fingerprint density at radius 2 is 1.79 bits per heavy atom. The predicted molar refractivity (Wildman–Crippen MR) is 51.9 cm³/mol. The summed E-state index contributed by atoms with van der Waals surface area (Å²) in [5.74, 6) is 5.47. The first-order chi connectivity index (χ1) is 6.92. The van der Waals surface area contributed by atoms with Crippen LogP contribution in [-0.2, 0) is 0 Å². The van der Waals surface area contributed by atoms with Gasteiger partial charge in [-0.05, 0) is 5.56 Å². The molecule has 0 bridgehead atoms. The molecule has 0 aliphatic heterocycles. The number of aromatic nitrogens is 3.